The Bertz CT molecular complexity index is 308. The lowest BCUT2D eigenvalue weighted by atomic mass is 10.3. The van der Waals surface area contributed by atoms with Crippen molar-refractivity contribution in [2.45, 2.75) is 12.8 Å². The molecule has 0 unspecified atom stereocenters. The Hall–Kier alpha value is -1.36. The molecule has 66 valence electrons. The maximum Gasteiger partial charge on any atom is 0.254 e. The Kier molecular flexibility index (Phi) is 2.82. The molecule has 5 nitrogen and oxygen atoms in total. The van der Waals surface area contributed by atoms with Crippen LogP contribution in [-0.2, 0) is 6.42 Å². The van der Waals surface area contributed by atoms with Crippen LogP contribution in [0.3, 0.4) is 0 Å². The summed E-state index contributed by atoms with van der Waals surface area (Å²) in [5, 5.41) is 8.93. The van der Waals surface area contributed by atoms with Crippen LogP contribution in [0, 0.1) is 0 Å². The lowest BCUT2D eigenvalue weighted by molar-refractivity contribution is 0.447. The fraction of sp³-hybridized carbons (Fsp3) is 0.429. The highest BCUT2D eigenvalue weighted by atomic mass is 16.3. The molecule has 1 rings (SSSR count). The first-order valence-electron chi connectivity index (χ1n) is 3.71. The van der Waals surface area contributed by atoms with E-state index in [-0.39, 0.29) is 11.4 Å². The SMILES string of the molecule is NCCCc1nc(O)cc(=O)[nH]1. The van der Waals surface area contributed by atoms with Gasteiger partial charge in [0.2, 0.25) is 5.88 Å². The van der Waals surface area contributed by atoms with E-state index in [0.717, 1.165) is 12.5 Å². The minimum atomic E-state index is -0.338. The van der Waals surface area contributed by atoms with Gasteiger partial charge in [0.1, 0.15) is 5.82 Å². The van der Waals surface area contributed by atoms with Crippen LogP contribution in [0.25, 0.3) is 0 Å². The highest BCUT2D eigenvalue weighted by Gasteiger charge is 1.98. The molecule has 1 aromatic heterocycles. The Balaban J connectivity index is 2.79. The zero-order chi connectivity index (χ0) is 8.97. The van der Waals surface area contributed by atoms with E-state index in [9.17, 15) is 4.79 Å². The van der Waals surface area contributed by atoms with Crippen molar-refractivity contribution in [1.82, 2.24) is 9.97 Å². The second kappa shape index (κ2) is 3.87. The largest absolute Gasteiger partial charge is 0.493 e. The molecule has 1 aromatic rings. The van der Waals surface area contributed by atoms with Crippen molar-refractivity contribution in [1.29, 1.82) is 0 Å². The van der Waals surface area contributed by atoms with Gasteiger partial charge in [0.05, 0.1) is 6.07 Å². The van der Waals surface area contributed by atoms with Crippen LogP contribution in [0.5, 0.6) is 5.88 Å². The second-order valence-electron chi connectivity index (χ2n) is 2.44. The van der Waals surface area contributed by atoms with E-state index in [1.807, 2.05) is 0 Å². The van der Waals surface area contributed by atoms with Gasteiger partial charge in [0, 0.05) is 6.42 Å². The molecule has 0 aliphatic carbocycles. The summed E-state index contributed by atoms with van der Waals surface area (Å²) in [6.45, 7) is 0.541. The van der Waals surface area contributed by atoms with Gasteiger partial charge in [-0.15, -0.1) is 0 Å². The number of aromatic amines is 1. The predicted octanol–water partition coefficient (Wildman–Crippen LogP) is -0.633. The fourth-order valence-electron chi connectivity index (χ4n) is 0.882. The van der Waals surface area contributed by atoms with Gasteiger partial charge in [-0.2, -0.15) is 0 Å². The van der Waals surface area contributed by atoms with Crippen molar-refractivity contribution in [3.63, 3.8) is 0 Å². The summed E-state index contributed by atoms with van der Waals surface area (Å²) in [4.78, 5) is 17.0. The minimum absolute atomic E-state index is 0.245. The Morgan fingerprint density at radius 2 is 2.42 bits per heavy atom. The molecule has 0 spiro atoms. The fourth-order valence-corrected chi connectivity index (χ4v) is 0.882. The Morgan fingerprint density at radius 3 is 3.00 bits per heavy atom. The van der Waals surface area contributed by atoms with Crippen molar-refractivity contribution in [2.24, 2.45) is 5.73 Å². The van der Waals surface area contributed by atoms with Crippen molar-refractivity contribution < 1.29 is 5.11 Å². The number of H-pyrrole nitrogens is 1. The molecule has 4 N–H and O–H groups in total. The third-order valence-corrected chi connectivity index (χ3v) is 1.39. The monoisotopic (exact) mass is 169 g/mol. The maximum absolute atomic E-state index is 10.8. The molecule has 0 saturated carbocycles. The molecule has 0 radical (unpaired) electrons. The number of hydrogen-bond donors (Lipinski definition) is 3. The summed E-state index contributed by atoms with van der Waals surface area (Å²) < 4.78 is 0. The van der Waals surface area contributed by atoms with Gasteiger partial charge in [0.25, 0.3) is 5.56 Å². The maximum atomic E-state index is 10.8. The number of aryl methyl sites for hydroxylation is 1. The third-order valence-electron chi connectivity index (χ3n) is 1.39. The summed E-state index contributed by atoms with van der Waals surface area (Å²) in [5.41, 5.74) is 4.93. The van der Waals surface area contributed by atoms with Crippen molar-refractivity contribution in [2.75, 3.05) is 6.54 Å². The number of hydrogen-bond acceptors (Lipinski definition) is 4. The van der Waals surface area contributed by atoms with Crippen LogP contribution in [0.15, 0.2) is 10.9 Å². The van der Waals surface area contributed by atoms with Crippen LogP contribution in [0.2, 0.25) is 0 Å². The van der Waals surface area contributed by atoms with E-state index in [0.29, 0.717) is 18.8 Å². The first-order chi connectivity index (χ1) is 5.72. The van der Waals surface area contributed by atoms with Crippen LogP contribution in [0.4, 0.5) is 0 Å². The first kappa shape index (κ1) is 8.73. The molecule has 0 aromatic carbocycles. The molecule has 0 atom stereocenters. The second-order valence-corrected chi connectivity index (χ2v) is 2.44. The lowest BCUT2D eigenvalue weighted by Crippen LogP contribution is -2.11. The van der Waals surface area contributed by atoms with Crippen LogP contribution < -0.4 is 11.3 Å². The number of aromatic hydroxyl groups is 1. The average Bonchev–Trinajstić information content (AvgIpc) is 1.99. The Labute approximate surface area is 69.3 Å². The van der Waals surface area contributed by atoms with Crippen LogP contribution >= 0.6 is 0 Å². The van der Waals surface area contributed by atoms with Gasteiger partial charge >= 0.3 is 0 Å². The Morgan fingerprint density at radius 1 is 1.67 bits per heavy atom. The van der Waals surface area contributed by atoms with E-state index >= 15 is 0 Å². The van der Waals surface area contributed by atoms with Gasteiger partial charge in [-0.25, -0.2) is 4.98 Å². The molecular weight excluding hydrogens is 158 g/mol. The lowest BCUT2D eigenvalue weighted by Gasteiger charge is -1.98. The molecule has 12 heavy (non-hydrogen) atoms. The van der Waals surface area contributed by atoms with Gasteiger partial charge < -0.3 is 15.8 Å². The third kappa shape index (κ3) is 2.35. The highest BCUT2D eigenvalue weighted by molar-refractivity contribution is 5.06. The van der Waals surface area contributed by atoms with Crippen LogP contribution in [0.1, 0.15) is 12.2 Å². The number of nitrogens with zero attached hydrogens (tertiary/aromatic N) is 1. The number of rotatable bonds is 3. The zero-order valence-corrected chi connectivity index (χ0v) is 6.58. The van der Waals surface area contributed by atoms with E-state index in [4.69, 9.17) is 10.8 Å². The van der Waals surface area contributed by atoms with E-state index in [1.54, 1.807) is 0 Å². The van der Waals surface area contributed by atoms with Crippen molar-refractivity contribution in [3.8, 4) is 5.88 Å². The standard InChI is InChI=1S/C7H11N3O2/c8-3-1-2-5-9-6(11)4-7(12)10-5/h4H,1-3,8H2,(H2,9,10,11,12). The molecule has 0 saturated heterocycles. The molecule has 0 amide bonds. The van der Waals surface area contributed by atoms with E-state index in [1.165, 1.54) is 0 Å². The molecule has 1 heterocycles. The molecule has 0 aliphatic rings. The smallest absolute Gasteiger partial charge is 0.254 e. The highest BCUT2D eigenvalue weighted by Crippen LogP contribution is 1.99. The van der Waals surface area contributed by atoms with Gasteiger partial charge in [-0.1, -0.05) is 0 Å². The van der Waals surface area contributed by atoms with Gasteiger partial charge in [-0.3, -0.25) is 4.79 Å². The topological polar surface area (TPSA) is 92.0 Å². The molecule has 0 bridgehead atoms. The van der Waals surface area contributed by atoms with E-state index in [2.05, 4.69) is 9.97 Å². The molecule has 5 heteroatoms. The predicted molar refractivity (Wildman–Crippen MR) is 43.9 cm³/mol. The molecule has 0 aliphatic heterocycles. The normalized spacial score (nSPS) is 10.1. The molecule has 0 fully saturated rings. The summed E-state index contributed by atoms with van der Waals surface area (Å²) in [6, 6.07) is 1.03. The quantitative estimate of drug-likeness (QED) is 0.561. The summed E-state index contributed by atoms with van der Waals surface area (Å²) in [5.74, 6) is 0.233. The summed E-state index contributed by atoms with van der Waals surface area (Å²) >= 11 is 0. The number of nitrogens with one attached hydrogen (secondary N) is 1. The van der Waals surface area contributed by atoms with E-state index < -0.39 is 0 Å². The zero-order valence-electron chi connectivity index (χ0n) is 6.58. The van der Waals surface area contributed by atoms with Crippen molar-refractivity contribution in [3.05, 3.63) is 22.2 Å². The summed E-state index contributed by atoms with van der Waals surface area (Å²) in [6.07, 6.45) is 1.33. The molecular formula is C7H11N3O2. The average molecular weight is 169 g/mol. The first-order valence-corrected chi connectivity index (χ1v) is 3.71. The minimum Gasteiger partial charge on any atom is -0.493 e. The van der Waals surface area contributed by atoms with Crippen molar-refractivity contribution >= 4 is 0 Å². The number of nitrogens with two attached hydrogens (primary N) is 1. The van der Waals surface area contributed by atoms with Crippen LogP contribution in [-0.4, -0.2) is 21.6 Å². The number of aromatic nitrogens is 2. The van der Waals surface area contributed by atoms with Gasteiger partial charge in [-0.05, 0) is 13.0 Å². The summed E-state index contributed by atoms with van der Waals surface area (Å²) in [7, 11) is 0. The van der Waals surface area contributed by atoms with Gasteiger partial charge in [0.15, 0.2) is 0 Å².